The number of fused-ring (bicyclic) bond motifs is 1. The number of nitrogens with zero attached hydrogens (tertiary/aromatic N) is 4. The van der Waals surface area contributed by atoms with Crippen LogP contribution in [-0.4, -0.2) is 56.7 Å². The highest BCUT2D eigenvalue weighted by molar-refractivity contribution is 5.79. The van der Waals surface area contributed by atoms with Gasteiger partial charge in [0, 0.05) is 56.8 Å². The Labute approximate surface area is 147 Å². The van der Waals surface area contributed by atoms with Crippen molar-refractivity contribution in [3.63, 3.8) is 0 Å². The van der Waals surface area contributed by atoms with E-state index in [1.54, 1.807) is 10.9 Å². The molecule has 3 heterocycles. The van der Waals surface area contributed by atoms with Gasteiger partial charge < -0.3 is 9.88 Å². The summed E-state index contributed by atoms with van der Waals surface area (Å²) >= 11 is 0. The third-order valence-corrected chi connectivity index (χ3v) is 4.82. The molecule has 0 radical (unpaired) electrons. The predicted molar refractivity (Wildman–Crippen MR) is 97.0 cm³/mol. The zero-order valence-corrected chi connectivity index (χ0v) is 14.3. The first-order valence-electron chi connectivity index (χ1n) is 8.81. The van der Waals surface area contributed by atoms with E-state index >= 15 is 0 Å². The quantitative estimate of drug-likeness (QED) is 0.793. The summed E-state index contributed by atoms with van der Waals surface area (Å²) in [5.41, 5.74) is 2.50. The molecule has 0 saturated carbocycles. The molecular weight excluding hydrogens is 314 g/mol. The second-order valence-corrected chi connectivity index (χ2v) is 6.61. The van der Waals surface area contributed by atoms with Gasteiger partial charge >= 0.3 is 0 Å². The van der Waals surface area contributed by atoms with Crippen LogP contribution in [0.5, 0.6) is 0 Å². The third-order valence-electron chi connectivity index (χ3n) is 4.82. The standard InChI is InChI=1S/C19H23N5O/c25-19(15-24-10-1-6-21-24)23-9-2-8-22(11-12-23)14-16-3-4-18-17(13-16)5-7-20-18/h1,3-7,10,13,20H,2,8-9,11-12,14-15H2. The number of hydrogen-bond donors (Lipinski definition) is 1. The van der Waals surface area contributed by atoms with E-state index in [-0.39, 0.29) is 5.91 Å². The monoisotopic (exact) mass is 337 g/mol. The Kier molecular flexibility index (Phi) is 4.52. The van der Waals surface area contributed by atoms with Crippen molar-refractivity contribution >= 4 is 16.8 Å². The van der Waals surface area contributed by atoms with Gasteiger partial charge in [0.1, 0.15) is 6.54 Å². The summed E-state index contributed by atoms with van der Waals surface area (Å²) in [5, 5.41) is 5.37. The van der Waals surface area contributed by atoms with Gasteiger partial charge in [-0.25, -0.2) is 0 Å². The summed E-state index contributed by atoms with van der Waals surface area (Å²) < 4.78 is 1.69. The molecule has 0 atom stereocenters. The van der Waals surface area contributed by atoms with E-state index < -0.39 is 0 Å². The summed E-state index contributed by atoms with van der Waals surface area (Å²) in [4.78, 5) is 20.1. The van der Waals surface area contributed by atoms with Crippen LogP contribution in [0.3, 0.4) is 0 Å². The topological polar surface area (TPSA) is 57.2 Å². The average Bonchev–Trinajstić information content (AvgIpc) is 3.23. The van der Waals surface area contributed by atoms with Gasteiger partial charge in [0.05, 0.1) is 0 Å². The normalized spacial score (nSPS) is 16.2. The van der Waals surface area contributed by atoms with Gasteiger partial charge in [-0.05, 0) is 41.6 Å². The highest BCUT2D eigenvalue weighted by atomic mass is 16.2. The summed E-state index contributed by atoms with van der Waals surface area (Å²) in [6.07, 6.45) is 6.53. The molecule has 1 aliphatic heterocycles. The van der Waals surface area contributed by atoms with Crippen molar-refractivity contribution in [2.24, 2.45) is 0 Å². The molecule has 2 aromatic heterocycles. The van der Waals surface area contributed by atoms with E-state index in [0.717, 1.165) is 39.1 Å². The lowest BCUT2D eigenvalue weighted by Gasteiger charge is -2.22. The molecule has 1 N–H and O–H groups in total. The zero-order valence-electron chi connectivity index (χ0n) is 14.3. The minimum Gasteiger partial charge on any atom is -0.361 e. The van der Waals surface area contributed by atoms with Crippen molar-refractivity contribution in [1.29, 1.82) is 0 Å². The molecule has 1 aromatic carbocycles. The van der Waals surface area contributed by atoms with Crippen LogP contribution in [-0.2, 0) is 17.9 Å². The molecule has 0 spiro atoms. The Bertz CT molecular complexity index is 839. The van der Waals surface area contributed by atoms with E-state index in [0.29, 0.717) is 6.54 Å². The fraction of sp³-hybridized carbons (Fsp3) is 0.368. The van der Waals surface area contributed by atoms with Gasteiger partial charge in [0.2, 0.25) is 5.91 Å². The largest absolute Gasteiger partial charge is 0.361 e. The molecule has 6 heteroatoms. The predicted octanol–water partition coefficient (Wildman–Crippen LogP) is 2.10. The maximum atomic E-state index is 12.4. The molecule has 0 aliphatic carbocycles. The van der Waals surface area contributed by atoms with E-state index in [1.807, 2.05) is 23.4 Å². The minimum absolute atomic E-state index is 0.152. The van der Waals surface area contributed by atoms with Crippen LogP contribution in [0.1, 0.15) is 12.0 Å². The highest BCUT2D eigenvalue weighted by Gasteiger charge is 2.19. The van der Waals surface area contributed by atoms with Gasteiger partial charge in [-0.2, -0.15) is 5.10 Å². The van der Waals surface area contributed by atoms with Crippen molar-refractivity contribution in [2.45, 2.75) is 19.5 Å². The lowest BCUT2D eigenvalue weighted by Crippen LogP contribution is -2.37. The molecule has 0 bridgehead atoms. The van der Waals surface area contributed by atoms with Crippen molar-refractivity contribution in [3.8, 4) is 0 Å². The maximum Gasteiger partial charge on any atom is 0.244 e. The first-order chi connectivity index (χ1) is 12.3. The number of carbonyl (C=O) groups excluding carboxylic acids is 1. The van der Waals surface area contributed by atoms with Crippen LogP contribution in [0.25, 0.3) is 10.9 Å². The Morgan fingerprint density at radius 3 is 3.00 bits per heavy atom. The number of benzene rings is 1. The number of H-pyrrole nitrogens is 1. The number of amides is 1. The number of aromatic nitrogens is 3. The highest BCUT2D eigenvalue weighted by Crippen LogP contribution is 2.16. The van der Waals surface area contributed by atoms with Gasteiger partial charge in [-0.1, -0.05) is 6.07 Å². The van der Waals surface area contributed by atoms with Crippen molar-refractivity contribution in [1.82, 2.24) is 24.6 Å². The molecule has 1 aliphatic rings. The Balaban J connectivity index is 1.35. The minimum atomic E-state index is 0.152. The van der Waals surface area contributed by atoms with E-state index in [2.05, 4.69) is 39.2 Å². The van der Waals surface area contributed by atoms with E-state index in [1.165, 1.54) is 16.5 Å². The summed E-state index contributed by atoms with van der Waals surface area (Å²) in [6, 6.07) is 10.5. The summed E-state index contributed by atoms with van der Waals surface area (Å²) in [7, 11) is 0. The fourth-order valence-corrected chi connectivity index (χ4v) is 3.47. The first kappa shape index (κ1) is 15.9. The molecule has 1 amide bonds. The van der Waals surface area contributed by atoms with Crippen LogP contribution >= 0.6 is 0 Å². The van der Waals surface area contributed by atoms with Crippen LogP contribution in [0, 0.1) is 0 Å². The number of carbonyl (C=O) groups is 1. The Morgan fingerprint density at radius 1 is 1.16 bits per heavy atom. The van der Waals surface area contributed by atoms with Gasteiger partial charge in [0.15, 0.2) is 0 Å². The number of hydrogen-bond acceptors (Lipinski definition) is 3. The SMILES string of the molecule is O=C(Cn1cccn1)N1CCCN(Cc2ccc3[nH]ccc3c2)CC1. The zero-order chi connectivity index (χ0) is 17.1. The van der Waals surface area contributed by atoms with Gasteiger partial charge in [-0.3, -0.25) is 14.4 Å². The number of nitrogens with one attached hydrogen (secondary N) is 1. The van der Waals surface area contributed by atoms with E-state index in [4.69, 9.17) is 0 Å². The lowest BCUT2D eigenvalue weighted by atomic mass is 10.1. The van der Waals surface area contributed by atoms with Crippen molar-refractivity contribution in [3.05, 3.63) is 54.5 Å². The molecule has 6 nitrogen and oxygen atoms in total. The Hall–Kier alpha value is -2.60. The maximum absolute atomic E-state index is 12.4. The molecule has 1 saturated heterocycles. The second kappa shape index (κ2) is 7.11. The van der Waals surface area contributed by atoms with Gasteiger partial charge in [-0.15, -0.1) is 0 Å². The molecule has 4 rings (SSSR count). The molecule has 130 valence electrons. The fourth-order valence-electron chi connectivity index (χ4n) is 3.47. The van der Waals surface area contributed by atoms with Crippen molar-refractivity contribution in [2.75, 3.05) is 26.2 Å². The molecule has 3 aromatic rings. The summed E-state index contributed by atoms with van der Waals surface area (Å²) in [5.74, 6) is 0.152. The third kappa shape index (κ3) is 3.74. The average molecular weight is 337 g/mol. The van der Waals surface area contributed by atoms with Crippen LogP contribution < -0.4 is 0 Å². The smallest absolute Gasteiger partial charge is 0.244 e. The Morgan fingerprint density at radius 2 is 2.12 bits per heavy atom. The number of rotatable bonds is 4. The van der Waals surface area contributed by atoms with Gasteiger partial charge in [0.25, 0.3) is 0 Å². The number of aromatic amines is 1. The summed E-state index contributed by atoms with van der Waals surface area (Å²) in [6.45, 7) is 4.81. The molecular formula is C19H23N5O. The van der Waals surface area contributed by atoms with Crippen molar-refractivity contribution < 1.29 is 4.79 Å². The first-order valence-corrected chi connectivity index (χ1v) is 8.81. The lowest BCUT2D eigenvalue weighted by molar-refractivity contribution is -0.131. The van der Waals surface area contributed by atoms with Crippen LogP contribution in [0.2, 0.25) is 0 Å². The molecule has 1 fully saturated rings. The second-order valence-electron chi connectivity index (χ2n) is 6.61. The van der Waals surface area contributed by atoms with E-state index in [9.17, 15) is 4.79 Å². The van der Waals surface area contributed by atoms with Crippen LogP contribution in [0.15, 0.2) is 48.9 Å². The van der Waals surface area contributed by atoms with Crippen LogP contribution in [0.4, 0.5) is 0 Å². The molecule has 25 heavy (non-hydrogen) atoms. The molecule has 0 unspecified atom stereocenters.